The number of aliphatic carboxylic acids is 1. The molecule has 0 aliphatic carbocycles. The van der Waals surface area contributed by atoms with Crippen LogP contribution in [-0.4, -0.2) is 23.5 Å². The number of Topliss-reactive ketones (excluding diaryl/α,β-unsaturated/α-hetero) is 1. The van der Waals surface area contributed by atoms with Crippen molar-refractivity contribution in [3.8, 4) is 5.75 Å². The van der Waals surface area contributed by atoms with Crippen LogP contribution in [0.1, 0.15) is 54.6 Å². The Morgan fingerprint density at radius 1 is 1.14 bits per heavy atom. The molecule has 4 heteroatoms. The first-order chi connectivity index (χ1) is 9.81. The normalized spacial score (nSPS) is 10.7. The van der Waals surface area contributed by atoms with Crippen molar-refractivity contribution in [3.05, 3.63) is 28.8 Å². The van der Waals surface area contributed by atoms with E-state index in [-0.39, 0.29) is 18.6 Å². The van der Waals surface area contributed by atoms with Gasteiger partial charge in [-0.2, -0.15) is 0 Å². The van der Waals surface area contributed by atoms with Gasteiger partial charge in [0, 0.05) is 18.4 Å². The van der Waals surface area contributed by atoms with Crippen LogP contribution in [0.5, 0.6) is 5.75 Å². The van der Waals surface area contributed by atoms with Crippen molar-refractivity contribution in [1.29, 1.82) is 0 Å². The van der Waals surface area contributed by atoms with Crippen LogP contribution in [0.25, 0.3) is 0 Å². The molecule has 21 heavy (non-hydrogen) atoms. The summed E-state index contributed by atoms with van der Waals surface area (Å²) in [5.41, 5.74) is 2.47. The predicted molar refractivity (Wildman–Crippen MR) is 82.1 cm³/mol. The zero-order chi connectivity index (χ0) is 16.0. The lowest BCUT2D eigenvalue weighted by Crippen LogP contribution is -2.08. The molecule has 0 amide bonds. The molecular weight excluding hydrogens is 268 g/mol. The molecule has 0 heterocycles. The lowest BCUT2D eigenvalue weighted by molar-refractivity contribution is -0.137. The first-order valence-corrected chi connectivity index (χ1v) is 7.30. The first kappa shape index (κ1) is 17.2. The Bertz CT molecular complexity index is 518. The minimum absolute atomic E-state index is 0.00717. The van der Waals surface area contributed by atoms with Gasteiger partial charge < -0.3 is 9.84 Å². The number of rotatable bonds is 8. The number of carboxylic acids is 1. The molecule has 4 nitrogen and oxygen atoms in total. The van der Waals surface area contributed by atoms with Gasteiger partial charge in [0.15, 0.2) is 5.78 Å². The third kappa shape index (κ3) is 5.58. The highest BCUT2D eigenvalue weighted by Crippen LogP contribution is 2.24. The van der Waals surface area contributed by atoms with E-state index in [2.05, 4.69) is 13.8 Å². The quantitative estimate of drug-likeness (QED) is 0.741. The Morgan fingerprint density at radius 3 is 2.38 bits per heavy atom. The number of ether oxygens (including phenoxy) is 1. The smallest absolute Gasteiger partial charge is 0.303 e. The number of carbonyl (C=O) groups is 2. The number of hydrogen-bond acceptors (Lipinski definition) is 3. The molecule has 0 radical (unpaired) electrons. The predicted octanol–water partition coefficient (Wildman–Crippen LogP) is 3.78. The van der Waals surface area contributed by atoms with Crippen molar-refractivity contribution in [2.24, 2.45) is 5.92 Å². The maximum atomic E-state index is 12.1. The Kier molecular flexibility index (Phi) is 6.40. The molecule has 0 bridgehead atoms. The van der Waals surface area contributed by atoms with Crippen molar-refractivity contribution in [2.45, 2.75) is 47.0 Å². The second kappa shape index (κ2) is 7.81. The molecule has 0 atom stereocenters. The molecule has 1 N–H and O–H groups in total. The molecule has 0 spiro atoms. The first-order valence-electron chi connectivity index (χ1n) is 7.30. The minimum atomic E-state index is -0.867. The van der Waals surface area contributed by atoms with E-state index in [1.165, 1.54) is 0 Å². The second-order valence-corrected chi connectivity index (χ2v) is 5.81. The number of benzene rings is 1. The highest BCUT2D eigenvalue weighted by molar-refractivity contribution is 5.98. The number of ketones is 1. The molecule has 1 aromatic rings. The van der Waals surface area contributed by atoms with Gasteiger partial charge in [0.1, 0.15) is 5.75 Å². The number of carboxylic acid groups (broad SMARTS) is 1. The molecule has 0 aliphatic heterocycles. The third-order valence-electron chi connectivity index (χ3n) is 3.19. The van der Waals surface area contributed by atoms with E-state index < -0.39 is 5.97 Å². The van der Waals surface area contributed by atoms with Gasteiger partial charge in [0.05, 0.1) is 6.61 Å². The summed E-state index contributed by atoms with van der Waals surface area (Å²) in [5.74, 6) is 0.380. The van der Waals surface area contributed by atoms with E-state index in [9.17, 15) is 9.59 Å². The monoisotopic (exact) mass is 292 g/mol. The molecule has 0 aliphatic rings. The SMILES string of the molecule is Cc1cc(C(=O)CCCC(=O)O)c(C)cc1OCC(C)C. The maximum absolute atomic E-state index is 12.1. The Labute approximate surface area is 126 Å². The van der Waals surface area contributed by atoms with Crippen LogP contribution >= 0.6 is 0 Å². The minimum Gasteiger partial charge on any atom is -0.493 e. The standard InChI is InChI=1S/C17H24O4/c1-11(2)10-21-16-9-12(3)14(8-13(16)4)15(18)6-5-7-17(19)20/h8-9,11H,5-7,10H2,1-4H3,(H,19,20). The van der Waals surface area contributed by atoms with Crippen LogP contribution in [-0.2, 0) is 4.79 Å². The average molecular weight is 292 g/mol. The van der Waals surface area contributed by atoms with Gasteiger partial charge in [0.2, 0.25) is 0 Å². The molecule has 116 valence electrons. The van der Waals surface area contributed by atoms with E-state index in [1.54, 1.807) is 0 Å². The largest absolute Gasteiger partial charge is 0.493 e. The van der Waals surface area contributed by atoms with Crippen molar-refractivity contribution >= 4 is 11.8 Å². The summed E-state index contributed by atoms with van der Waals surface area (Å²) in [6, 6.07) is 3.73. The van der Waals surface area contributed by atoms with E-state index >= 15 is 0 Å². The van der Waals surface area contributed by atoms with Gasteiger partial charge in [-0.1, -0.05) is 13.8 Å². The molecule has 0 saturated heterocycles. The van der Waals surface area contributed by atoms with Gasteiger partial charge in [-0.3, -0.25) is 9.59 Å². The number of aryl methyl sites for hydroxylation is 2. The topological polar surface area (TPSA) is 63.6 Å². The highest BCUT2D eigenvalue weighted by Gasteiger charge is 2.13. The molecule has 1 rings (SSSR count). The molecule has 0 aromatic heterocycles. The van der Waals surface area contributed by atoms with E-state index in [1.807, 2.05) is 26.0 Å². The summed E-state index contributed by atoms with van der Waals surface area (Å²) in [5, 5.41) is 8.61. The summed E-state index contributed by atoms with van der Waals surface area (Å²) in [4.78, 5) is 22.6. The Balaban J connectivity index is 2.78. The second-order valence-electron chi connectivity index (χ2n) is 5.81. The van der Waals surface area contributed by atoms with Crippen molar-refractivity contribution in [3.63, 3.8) is 0 Å². The van der Waals surface area contributed by atoms with E-state index in [0.717, 1.165) is 16.9 Å². The molecule has 0 fully saturated rings. The molecular formula is C17H24O4. The third-order valence-corrected chi connectivity index (χ3v) is 3.19. The fraction of sp³-hybridized carbons (Fsp3) is 0.529. The van der Waals surface area contributed by atoms with E-state index in [0.29, 0.717) is 24.5 Å². The van der Waals surface area contributed by atoms with Gasteiger partial charge in [0.25, 0.3) is 0 Å². The fourth-order valence-electron chi connectivity index (χ4n) is 2.04. The summed E-state index contributed by atoms with van der Waals surface area (Å²) < 4.78 is 5.74. The summed E-state index contributed by atoms with van der Waals surface area (Å²) in [6.07, 6.45) is 0.663. The summed E-state index contributed by atoms with van der Waals surface area (Å²) >= 11 is 0. The van der Waals surface area contributed by atoms with Crippen LogP contribution in [0.4, 0.5) is 0 Å². The maximum Gasteiger partial charge on any atom is 0.303 e. The Hall–Kier alpha value is -1.84. The zero-order valence-corrected chi connectivity index (χ0v) is 13.2. The van der Waals surface area contributed by atoms with Gasteiger partial charge in [-0.05, 0) is 49.4 Å². The van der Waals surface area contributed by atoms with Crippen LogP contribution in [0.3, 0.4) is 0 Å². The van der Waals surface area contributed by atoms with Crippen LogP contribution in [0.2, 0.25) is 0 Å². The van der Waals surface area contributed by atoms with E-state index in [4.69, 9.17) is 9.84 Å². The molecule has 1 aromatic carbocycles. The molecule has 0 saturated carbocycles. The number of carbonyl (C=O) groups excluding carboxylic acids is 1. The van der Waals surface area contributed by atoms with Gasteiger partial charge >= 0.3 is 5.97 Å². The highest BCUT2D eigenvalue weighted by atomic mass is 16.5. The summed E-state index contributed by atoms with van der Waals surface area (Å²) in [7, 11) is 0. The Morgan fingerprint density at radius 2 is 1.81 bits per heavy atom. The number of hydrogen-bond donors (Lipinski definition) is 1. The van der Waals surface area contributed by atoms with Crippen molar-refractivity contribution in [1.82, 2.24) is 0 Å². The van der Waals surface area contributed by atoms with Crippen LogP contribution < -0.4 is 4.74 Å². The zero-order valence-electron chi connectivity index (χ0n) is 13.2. The molecule has 0 unspecified atom stereocenters. The van der Waals surface area contributed by atoms with Gasteiger partial charge in [-0.25, -0.2) is 0 Å². The van der Waals surface area contributed by atoms with Crippen LogP contribution in [0.15, 0.2) is 12.1 Å². The fourth-order valence-corrected chi connectivity index (χ4v) is 2.04. The van der Waals surface area contributed by atoms with Crippen molar-refractivity contribution < 1.29 is 19.4 Å². The van der Waals surface area contributed by atoms with Gasteiger partial charge in [-0.15, -0.1) is 0 Å². The lowest BCUT2D eigenvalue weighted by Gasteiger charge is -2.14. The summed E-state index contributed by atoms with van der Waals surface area (Å²) in [6.45, 7) is 8.62. The van der Waals surface area contributed by atoms with Crippen LogP contribution in [0, 0.1) is 19.8 Å². The average Bonchev–Trinajstić information content (AvgIpc) is 2.38. The lowest BCUT2D eigenvalue weighted by atomic mass is 9.98. The van der Waals surface area contributed by atoms with Crippen molar-refractivity contribution in [2.75, 3.05) is 6.61 Å².